The Hall–Kier alpha value is -4.02. The highest BCUT2D eigenvalue weighted by atomic mass is 16.3. The highest BCUT2D eigenvalue weighted by Gasteiger charge is 2.48. The zero-order chi connectivity index (χ0) is 24.6. The molecule has 4 N–H and O–H groups in total. The number of amides is 1. The average Bonchev–Trinajstić information content (AvgIpc) is 3.52. The molecule has 5 rings (SSSR count). The molecule has 10 heteroatoms. The van der Waals surface area contributed by atoms with Crippen LogP contribution in [0, 0.1) is 5.92 Å². The first-order chi connectivity index (χ1) is 16.9. The van der Waals surface area contributed by atoms with Gasteiger partial charge in [0.05, 0.1) is 22.3 Å². The van der Waals surface area contributed by atoms with Gasteiger partial charge in [0.2, 0.25) is 0 Å². The van der Waals surface area contributed by atoms with Gasteiger partial charge in [-0.25, -0.2) is 4.68 Å². The predicted molar refractivity (Wildman–Crippen MR) is 130 cm³/mol. The van der Waals surface area contributed by atoms with E-state index in [1.54, 1.807) is 48.1 Å². The van der Waals surface area contributed by atoms with Gasteiger partial charge < -0.3 is 15.5 Å². The third kappa shape index (κ3) is 3.96. The summed E-state index contributed by atoms with van der Waals surface area (Å²) < 4.78 is 3.11. The molecule has 1 amide bonds. The second kappa shape index (κ2) is 8.97. The van der Waals surface area contributed by atoms with Crippen LogP contribution >= 0.6 is 0 Å². The Balaban J connectivity index is 1.38. The number of benzene rings is 2. The minimum absolute atomic E-state index is 0.0227. The molecule has 2 atom stereocenters. The van der Waals surface area contributed by atoms with Crippen LogP contribution in [0.25, 0.3) is 16.6 Å². The molecule has 180 valence electrons. The number of aliphatic hydroxyl groups excluding tert-OH is 1. The van der Waals surface area contributed by atoms with Crippen molar-refractivity contribution in [1.29, 1.82) is 0 Å². The van der Waals surface area contributed by atoms with Gasteiger partial charge in [-0.1, -0.05) is 36.4 Å². The predicted octanol–water partition coefficient (Wildman–Crippen LogP) is 1.87. The topological polar surface area (TPSA) is 138 Å². The van der Waals surface area contributed by atoms with Crippen LogP contribution in [0.5, 0.6) is 0 Å². The zero-order valence-electron chi connectivity index (χ0n) is 19.2. The van der Waals surface area contributed by atoms with Crippen molar-refractivity contribution in [2.75, 3.05) is 11.9 Å². The molecule has 0 saturated carbocycles. The van der Waals surface area contributed by atoms with Gasteiger partial charge >= 0.3 is 0 Å². The van der Waals surface area contributed by atoms with E-state index in [1.165, 1.54) is 4.68 Å². The largest absolute Gasteiger partial charge is 0.396 e. The number of carbonyl (C=O) groups excluding carboxylic acids is 1. The van der Waals surface area contributed by atoms with Crippen LogP contribution in [0.4, 0.5) is 5.69 Å². The molecule has 35 heavy (non-hydrogen) atoms. The SMILES string of the molecule is C[C@@H](/C=C/CCn1cc(CCO)nn1)[C@]1(O)C(=O)Nc2ccc(-n3[nH]c4ccccc4c3=O)cc21. The van der Waals surface area contributed by atoms with Gasteiger partial charge in [-0.05, 0) is 36.8 Å². The summed E-state index contributed by atoms with van der Waals surface area (Å²) >= 11 is 0. The maximum atomic E-state index is 12.9. The number of aromatic nitrogens is 5. The molecular formula is C25H26N6O4. The second-order valence-corrected chi connectivity index (χ2v) is 8.70. The van der Waals surface area contributed by atoms with Crippen LogP contribution in [0.3, 0.4) is 0 Å². The van der Waals surface area contributed by atoms with Gasteiger partial charge in [0, 0.05) is 42.9 Å². The number of hydrogen-bond acceptors (Lipinski definition) is 6. The third-order valence-electron chi connectivity index (χ3n) is 6.42. The molecule has 0 spiro atoms. The number of anilines is 1. The quantitative estimate of drug-likeness (QED) is 0.288. The van der Waals surface area contributed by atoms with Crippen LogP contribution < -0.4 is 10.9 Å². The summed E-state index contributed by atoms with van der Waals surface area (Å²) in [6.07, 6.45) is 6.58. The first-order valence-electron chi connectivity index (χ1n) is 11.5. The van der Waals surface area contributed by atoms with E-state index < -0.39 is 17.4 Å². The number of aryl methyl sites for hydroxylation is 1. The lowest BCUT2D eigenvalue weighted by Gasteiger charge is -2.26. The van der Waals surface area contributed by atoms with Crippen molar-refractivity contribution in [3.63, 3.8) is 0 Å². The Labute approximate surface area is 200 Å². The molecule has 3 heterocycles. The monoisotopic (exact) mass is 474 g/mol. The van der Waals surface area contributed by atoms with Gasteiger partial charge in [0.25, 0.3) is 11.5 Å². The summed E-state index contributed by atoms with van der Waals surface area (Å²) in [7, 11) is 0. The Morgan fingerprint density at radius 2 is 2.03 bits per heavy atom. The number of carbonyl (C=O) groups is 1. The Morgan fingerprint density at radius 1 is 1.20 bits per heavy atom. The van der Waals surface area contributed by atoms with E-state index in [-0.39, 0.29) is 12.2 Å². The standard InChI is InChI=1S/C25H26N6O4/c1-16(6-4-5-12-30-15-17(11-13-32)27-29-30)25(35)20-14-18(9-10-22(20)26-24(25)34)31-23(33)19-7-2-3-8-21(19)28-31/h2-4,6-10,14-16,28,32,35H,5,11-13H2,1H3,(H,26,34)/b6-4+/t16-,25+/m0/s1. The first kappa shape index (κ1) is 22.8. The van der Waals surface area contributed by atoms with Gasteiger partial charge in [-0.3, -0.25) is 19.4 Å². The minimum Gasteiger partial charge on any atom is -0.396 e. The van der Waals surface area contributed by atoms with Crippen molar-refractivity contribution in [3.8, 4) is 5.69 Å². The number of allylic oxidation sites excluding steroid dienone is 1. The molecule has 1 aliphatic heterocycles. The van der Waals surface area contributed by atoms with Gasteiger partial charge in [0.15, 0.2) is 5.60 Å². The van der Waals surface area contributed by atoms with Crippen molar-refractivity contribution in [2.24, 2.45) is 5.92 Å². The lowest BCUT2D eigenvalue weighted by molar-refractivity contribution is -0.137. The molecule has 10 nitrogen and oxygen atoms in total. The molecule has 0 bridgehead atoms. The molecule has 0 aliphatic carbocycles. The minimum atomic E-state index is -1.78. The van der Waals surface area contributed by atoms with E-state index >= 15 is 0 Å². The van der Waals surface area contributed by atoms with Crippen LogP contribution in [-0.4, -0.2) is 47.5 Å². The third-order valence-corrected chi connectivity index (χ3v) is 6.42. The van der Waals surface area contributed by atoms with E-state index in [0.717, 1.165) is 5.69 Å². The van der Waals surface area contributed by atoms with E-state index in [4.69, 9.17) is 5.11 Å². The summed E-state index contributed by atoms with van der Waals surface area (Å²) in [6, 6.07) is 12.3. The van der Waals surface area contributed by atoms with Crippen LogP contribution in [0.15, 0.2) is 65.6 Å². The number of hydrogen-bond donors (Lipinski definition) is 4. The molecule has 1 aliphatic rings. The van der Waals surface area contributed by atoms with E-state index in [2.05, 4.69) is 20.7 Å². The Kier molecular flexibility index (Phi) is 5.83. The average molecular weight is 475 g/mol. The molecule has 2 aromatic heterocycles. The van der Waals surface area contributed by atoms with Crippen molar-refractivity contribution in [3.05, 3.63) is 82.4 Å². The molecule has 0 unspecified atom stereocenters. The van der Waals surface area contributed by atoms with Crippen LogP contribution in [0.1, 0.15) is 24.6 Å². The molecule has 0 fully saturated rings. The number of rotatable bonds is 8. The van der Waals surface area contributed by atoms with E-state index in [1.807, 2.05) is 24.3 Å². The summed E-state index contributed by atoms with van der Waals surface area (Å²) in [5, 5.41) is 34.9. The number of aromatic amines is 1. The molecule has 0 saturated heterocycles. The van der Waals surface area contributed by atoms with Crippen molar-refractivity contribution in [1.82, 2.24) is 24.8 Å². The van der Waals surface area contributed by atoms with Crippen LogP contribution in [-0.2, 0) is 23.4 Å². The molecule has 4 aromatic rings. The summed E-state index contributed by atoms with van der Waals surface area (Å²) in [6.45, 7) is 2.38. The number of aliphatic hydroxyl groups is 2. The summed E-state index contributed by atoms with van der Waals surface area (Å²) in [4.78, 5) is 25.7. The van der Waals surface area contributed by atoms with Gasteiger partial charge in [-0.15, -0.1) is 5.10 Å². The summed E-state index contributed by atoms with van der Waals surface area (Å²) in [5.41, 5.74) is 0.916. The fourth-order valence-electron chi connectivity index (χ4n) is 4.45. The maximum Gasteiger partial charge on any atom is 0.279 e. The first-order valence-corrected chi connectivity index (χ1v) is 11.5. The number of nitrogens with zero attached hydrogens (tertiary/aromatic N) is 4. The molecule has 2 aromatic carbocycles. The van der Waals surface area contributed by atoms with E-state index in [0.29, 0.717) is 47.2 Å². The van der Waals surface area contributed by atoms with Crippen LogP contribution in [0.2, 0.25) is 0 Å². The lowest BCUT2D eigenvalue weighted by Crippen LogP contribution is -2.39. The zero-order valence-corrected chi connectivity index (χ0v) is 19.2. The van der Waals surface area contributed by atoms with Crippen molar-refractivity contribution < 1.29 is 15.0 Å². The number of fused-ring (bicyclic) bond motifs is 2. The molecular weight excluding hydrogens is 448 g/mol. The Morgan fingerprint density at radius 3 is 2.83 bits per heavy atom. The van der Waals surface area contributed by atoms with Gasteiger partial charge in [0.1, 0.15) is 0 Å². The summed E-state index contributed by atoms with van der Waals surface area (Å²) in [5.74, 6) is -1.03. The van der Waals surface area contributed by atoms with Crippen molar-refractivity contribution >= 4 is 22.5 Å². The maximum absolute atomic E-state index is 12.9. The highest BCUT2D eigenvalue weighted by molar-refractivity contribution is 6.05. The number of para-hydroxylation sites is 1. The normalized spacial score (nSPS) is 18.3. The van der Waals surface area contributed by atoms with E-state index in [9.17, 15) is 14.7 Å². The molecule has 0 radical (unpaired) electrons. The second-order valence-electron chi connectivity index (χ2n) is 8.70. The number of nitrogens with one attached hydrogen (secondary N) is 2. The smallest absolute Gasteiger partial charge is 0.279 e. The van der Waals surface area contributed by atoms with Gasteiger partial charge in [-0.2, -0.15) is 0 Å². The Bertz CT molecular complexity index is 1480. The lowest BCUT2D eigenvalue weighted by atomic mass is 9.82. The number of H-pyrrole nitrogens is 1. The fraction of sp³-hybridized carbons (Fsp3) is 0.280. The highest BCUT2D eigenvalue weighted by Crippen LogP contribution is 2.42. The van der Waals surface area contributed by atoms with Crippen molar-refractivity contribution in [2.45, 2.75) is 31.9 Å². The fourth-order valence-corrected chi connectivity index (χ4v) is 4.45.